The summed E-state index contributed by atoms with van der Waals surface area (Å²) in [5, 5.41) is 9.77. The van der Waals surface area contributed by atoms with Gasteiger partial charge in [0.15, 0.2) is 0 Å². The van der Waals surface area contributed by atoms with E-state index in [9.17, 15) is 14.7 Å². The van der Waals surface area contributed by atoms with Crippen molar-refractivity contribution in [3.8, 4) is 11.5 Å². The van der Waals surface area contributed by atoms with Crippen molar-refractivity contribution in [1.29, 1.82) is 0 Å². The minimum absolute atomic E-state index is 0.00391. The maximum Gasteiger partial charge on any atom is 0.343 e. The van der Waals surface area contributed by atoms with Crippen molar-refractivity contribution in [2.75, 3.05) is 13.2 Å². The topological polar surface area (TPSA) is 82.1 Å². The first kappa shape index (κ1) is 28.1. The van der Waals surface area contributed by atoms with E-state index in [2.05, 4.69) is 20.4 Å². The Hall–Kier alpha value is -3.12. The first-order valence-corrected chi connectivity index (χ1v) is 12.4. The summed E-state index contributed by atoms with van der Waals surface area (Å²) in [4.78, 5) is 23.4. The quantitative estimate of drug-likeness (QED) is 0.139. The fourth-order valence-electron chi connectivity index (χ4n) is 3.44. The Bertz CT molecular complexity index is 904. The molecule has 0 heterocycles. The molecule has 0 fully saturated rings. The van der Waals surface area contributed by atoms with Crippen LogP contribution in [0.2, 0.25) is 0 Å². The summed E-state index contributed by atoms with van der Waals surface area (Å²) in [7, 11) is 0. The van der Waals surface area contributed by atoms with Crippen LogP contribution in [0.1, 0.15) is 68.3 Å². The van der Waals surface area contributed by atoms with Crippen LogP contribution in [0.25, 0.3) is 0 Å². The number of hydrogen-bond acceptors (Lipinski definition) is 6. The van der Waals surface area contributed by atoms with Gasteiger partial charge in [-0.1, -0.05) is 58.2 Å². The highest BCUT2D eigenvalue weighted by atomic mass is 16.5. The van der Waals surface area contributed by atoms with Crippen molar-refractivity contribution in [2.45, 2.75) is 64.9 Å². The molecule has 2 unspecified atom stereocenters. The molecular weight excluding hydrogens is 444 g/mol. The van der Waals surface area contributed by atoms with Crippen molar-refractivity contribution >= 4 is 11.9 Å². The molecule has 2 atom stereocenters. The second-order valence-electron chi connectivity index (χ2n) is 8.81. The summed E-state index contributed by atoms with van der Waals surface area (Å²) in [5.74, 6) is 0.920. The third-order valence-electron chi connectivity index (χ3n) is 5.79. The lowest BCUT2D eigenvalue weighted by Crippen LogP contribution is -2.17. The molecule has 2 aromatic carbocycles. The number of ether oxygens (including phenoxy) is 3. The molecule has 0 spiro atoms. The molecule has 1 N–H and O–H groups in total. The number of benzene rings is 2. The van der Waals surface area contributed by atoms with Gasteiger partial charge in [-0.15, -0.1) is 0 Å². The number of aliphatic hydroxyl groups excluding tert-OH is 1. The van der Waals surface area contributed by atoms with Crippen LogP contribution in [-0.2, 0) is 16.0 Å². The van der Waals surface area contributed by atoms with Gasteiger partial charge in [-0.25, -0.2) is 9.59 Å². The maximum atomic E-state index is 12.4. The van der Waals surface area contributed by atoms with Gasteiger partial charge in [-0.2, -0.15) is 0 Å². The zero-order chi connectivity index (χ0) is 25.5. The lowest BCUT2D eigenvalue weighted by atomic mass is 9.98. The van der Waals surface area contributed by atoms with Crippen LogP contribution in [0, 0.1) is 5.92 Å². The van der Waals surface area contributed by atoms with E-state index in [1.54, 1.807) is 24.3 Å². The molecule has 35 heavy (non-hydrogen) atoms. The third kappa shape index (κ3) is 11.2. The molecule has 0 aliphatic carbocycles. The van der Waals surface area contributed by atoms with Crippen molar-refractivity contribution in [1.82, 2.24) is 0 Å². The predicted molar refractivity (Wildman–Crippen MR) is 137 cm³/mol. The highest BCUT2D eigenvalue weighted by Gasteiger charge is 2.10. The highest BCUT2D eigenvalue weighted by molar-refractivity contribution is 5.91. The second kappa shape index (κ2) is 15.7. The molecule has 0 aliphatic rings. The molecule has 190 valence electrons. The molecular formula is C29H38O6. The molecule has 0 saturated carbocycles. The minimum atomic E-state index is -0.642. The van der Waals surface area contributed by atoms with Crippen molar-refractivity contribution in [2.24, 2.45) is 5.92 Å². The molecule has 0 saturated heterocycles. The van der Waals surface area contributed by atoms with E-state index < -0.39 is 12.1 Å². The van der Waals surface area contributed by atoms with E-state index in [0.29, 0.717) is 30.3 Å². The van der Waals surface area contributed by atoms with Crippen LogP contribution in [0.4, 0.5) is 0 Å². The van der Waals surface area contributed by atoms with Gasteiger partial charge in [-0.05, 0) is 67.1 Å². The molecule has 0 aromatic heterocycles. The Morgan fingerprint density at radius 2 is 1.63 bits per heavy atom. The maximum absolute atomic E-state index is 12.4. The van der Waals surface area contributed by atoms with Crippen molar-refractivity contribution in [3.05, 3.63) is 72.3 Å². The van der Waals surface area contributed by atoms with Gasteiger partial charge < -0.3 is 19.3 Å². The number of carbonyl (C=O) groups excluding carboxylic acids is 2. The SMILES string of the molecule is C=CC(=O)OCC(O)CCCCCCOc1ccc(OC(=O)c2ccc(CC(C)CC)cc2)cc1. The largest absolute Gasteiger partial charge is 0.494 e. The van der Waals surface area contributed by atoms with Crippen LogP contribution in [-0.4, -0.2) is 36.4 Å². The van der Waals surface area contributed by atoms with E-state index >= 15 is 0 Å². The third-order valence-corrected chi connectivity index (χ3v) is 5.79. The molecule has 2 rings (SSSR count). The number of rotatable bonds is 16. The zero-order valence-electron chi connectivity index (χ0n) is 20.9. The smallest absolute Gasteiger partial charge is 0.343 e. The van der Waals surface area contributed by atoms with Gasteiger partial charge in [0.2, 0.25) is 0 Å². The van der Waals surface area contributed by atoms with Gasteiger partial charge in [0.1, 0.15) is 18.1 Å². The van der Waals surface area contributed by atoms with Crippen molar-refractivity contribution < 1.29 is 28.9 Å². The zero-order valence-corrected chi connectivity index (χ0v) is 20.9. The van der Waals surface area contributed by atoms with Gasteiger partial charge in [0.25, 0.3) is 0 Å². The Kier molecular flexibility index (Phi) is 12.6. The van der Waals surface area contributed by atoms with E-state index in [0.717, 1.165) is 50.4 Å². The number of esters is 2. The Morgan fingerprint density at radius 3 is 2.29 bits per heavy atom. The first-order chi connectivity index (χ1) is 16.9. The van der Waals surface area contributed by atoms with Crippen LogP contribution < -0.4 is 9.47 Å². The summed E-state index contributed by atoms with van der Waals surface area (Å²) in [6.07, 6.45) is 6.86. The Balaban J connectivity index is 1.62. The Labute approximate surface area is 208 Å². The van der Waals surface area contributed by atoms with Crippen molar-refractivity contribution in [3.63, 3.8) is 0 Å². The van der Waals surface area contributed by atoms with Gasteiger partial charge in [0.05, 0.1) is 18.3 Å². The highest BCUT2D eigenvalue weighted by Crippen LogP contribution is 2.20. The summed E-state index contributed by atoms with van der Waals surface area (Å²) < 4.78 is 16.0. The minimum Gasteiger partial charge on any atom is -0.494 e. The average Bonchev–Trinajstić information content (AvgIpc) is 2.87. The standard InChI is InChI=1S/C29H38O6/c1-4-22(3)20-23-11-13-24(14-12-23)29(32)35-27-17-15-26(16-18-27)33-19-9-7-6-8-10-25(30)21-34-28(31)5-2/h5,11-18,22,25,30H,2,4,6-10,19-21H2,1,3H3. The van der Waals surface area contributed by atoms with Gasteiger partial charge in [0, 0.05) is 6.08 Å². The molecule has 6 nitrogen and oxygen atoms in total. The number of aliphatic hydroxyl groups is 1. The van der Waals surface area contributed by atoms with Gasteiger partial charge >= 0.3 is 11.9 Å². The molecule has 0 aliphatic heterocycles. The lowest BCUT2D eigenvalue weighted by Gasteiger charge is -2.10. The van der Waals surface area contributed by atoms with E-state index in [4.69, 9.17) is 14.2 Å². The van der Waals surface area contributed by atoms with E-state index in [-0.39, 0.29) is 12.6 Å². The fraction of sp³-hybridized carbons (Fsp3) is 0.448. The van der Waals surface area contributed by atoms with Crippen LogP contribution in [0.15, 0.2) is 61.2 Å². The molecule has 0 amide bonds. The normalized spacial score (nSPS) is 12.4. The predicted octanol–water partition coefficient (Wildman–Crippen LogP) is 5.91. The summed E-state index contributed by atoms with van der Waals surface area (Å²) in [6, 6.07) is 14.6. The van der Waals surface area contributed by atoms with Crippen LogP contribution in [0.3, 0.4) is 0 Å². The summed E-state index contributed by atoms with van der Waals surface area (Å²) in [5.41, 5.74) is 1.75. The number of carbonyl (C=O) groups is 2. The fourth-order valence-corrected chi connectivity index (χ4v) is 3.44. The lowest BCUT2D eigenvalue weighted by molar-refractivity contribution is -0.140. The number of unbranched alkanes of at least 4 members (excludes halogenated alkanes) is 3. The summed E-state index contributed by atoms with van der Waals surface area (Å²) in [6.45, 7) is 8.30. The van der Waals surface area contributed by atoms with Crippen LogP contribution in [0.5, 0.6) is 11.5 Å². The summed E-state index contributed by atoms with van der Waals surface area (Å²) >= 11 is 0. The van der Waals surface area contributed by atoms with Gasteiger partial charge in [-0.3, -0.25) is 0 Å². The van der Waals surface area contributed by atoms with E-state index in [1.807, 2.05) is 24.3 Å². The van der Waals surface area contributed by atoms with E-state index in [1.165, 1.54) is 5.56 Å². The molecule has 2 aromatic rings. The monoisotopic (exact) mass is 482 g/mol. The second-order valence-corrected chi connectivity index (χ2v) is 8.81. The molecule has 0 radical (unpaired) electrons. The number of hydrogen-bond donors (Lipinski definition) is 1. The molecule has 6 heteroatoms. The first-order valence-electron chi connectivity index (χ1n) is 12.4. The average molecular weight is 483 g/mol. The molecule has 0 bridgehead atoms. The van der Waals surface area contributed by atoms with Crippen LogP contribution >= 0.6 is 0 Å². The Morgan fingerprint density at radius 1 is 0.971 bits per heavy atom.